The Labute approximate surface area is 379 Å². The number of carbonyl (C=O) groups is 8. The van der Waals surface area contributed by atoms with Gasteiger partial charge in [-0.2, -0.15) is 0 Å². The van der Waals surface area contributed by atoms with E-state index >= 15 is 0 Å². The van der Waals surface area contributed by atoms with E-state index < -0.39 is 35.8 Å². The molecule has 0 fully saturated rings. The molecule has 0 radical (unpaired) electrons. The van der Waals surface area contributed by atoms with Crippen LogP contribution in [-0.2, 0) is 28.4 Å². The van der Waals surface area contributed by atoms with Crippen molar-refractivity contribution >= 4 is 47.4 Å². The molecule has 4 aromatic heterocycles. The first-order valence-electron chi connectivity index (χ1n) is 18.6. The van der Waals surface area contributed by atoms with E-state index in [-0.39, 0.29) is 129 Å². The van der Waals surface area contributed by atoms with Gasteiger partial charge < -0.3 is 92.4 Å². The van der Waals surface area contributed by atoms with Crippen LogP contribution in [0.2, 0.25) is 0 Å². The number of ether oxygens (including phenoxy) is 6. The van der Waals surface area contributed by atoms with E-state index in [1.54, 1.807) is 0 Å². The molecule has 0 atom stereocenters. The van der Waals surface area contributed by atoms with Crippen LogP contribution in [0, 0.1) is 0 Å². The number of rotatable bonds is 20. The summed E-state index contributed by atoms with van der Waals surface area (Å²) in [6.45, 7) is 2.30. The lowest BCUT2D eigenvalue weighted by Gasteiger charge is -2.00. The number of aromatic carboxylic acids is 2. The van der Waals surface area contributed by atoms with Crippen LogP contribution in [0.25, 0.3) is 0 Å². The average molecular weight is 967 g/mol. The molecule has 0 spiro atoms. The first-order valence-corrected chi connectivity index (χ1v) is 18.6. The van der Waals surface area contributed by atoms with Gasteiger partial charge in [-0.15, -0.1) is 0 Å². The Morgan fingerprint density at radius 3 is 0.791 bits per heavy atom. The van der Waals surface area contributed by atoms with E-state index in [9.17, 15) is 38.4 Å². The summed E-state index contributed by atoms with van der Waals surface area (Å²) in [5.74, 6) is -6.49. The second kappa shape index (κ2) is 39.3. The largest absolute Gasteiger partial charge is 0.475 e. The summed E-state index contributed by atoms with van der Waals surface area (Å²) in [6.07, 6.45) is 0. The van der Waals surface area contributed by atoms with Crippen LogP contribution in [0.3, 0.4) is 0 Å². The molecule has 0 saturated heterocycles. The number of Topliss-reactive ketones (excluding diaryl/α,β-unsaturated/α-hetero) is 2. The van der Waals surface area contributed by atoms with Gasteiger partial charge in [0.05, 0.1) is 52.9 Å². The van der Waals surface area contributed by atoms with E-state index in [2.05, 4.69) is 13.9 Å². The number of esters is 4. The van der Waals surface area contributed by atoms with E-state index in [0.717, 1.165) is 12.1 Å². The van der Waals surface area contributed by atoms with Crippen molar-refractivity contribution in [3.05, 3.63) is 94.6 Å². The van der Waals surface area contributed by atoms with Gasteiger partial charge in [0.25, 0.3) is 0 Å². The van der Waals surface area contributed by atoms with E-state index in [1.807, 2.05) is 0 Å². The molecule has 0 aliphatic rings. The lowest BCUT2D eigenvalue weighted by Crippen LogP contribution is -2.09. The molecule has 0 saturated carbocycles. The molecule has 376 valence electrons. The lowest BCUT2D eigenvalue weighted by atomic mass is 10.3. The van der Waals surface area contributed by atoms with E-state index in [1.165, 1.54) is 64.5 Å². The number of furan rings is 4. The van der Waals surface area contributed by atoms with Crippen LogP contribution in [0.1, 0.15) is 98.3 Å². The summed E-state index contributed by atoms with van der Waals surface area (Å²) in [7, 11) is 3.02. The average Bonchev–Trinajstić information content (AvgIpc) is 4.16. The third kappa shape index (κ3) is 29.2. The maximum absolute atomic E-state index is 11.3. The van der Waals surface area contributed by atoms with E-state index in [4.69, 9.17) is 73.1 Å². The van der Waals surface area contributed by atoms with Gasteiger partial charge in [-0.25, -0.2) is 28.8 Å². The third-order valence-corrected chi connectivity index (χ3v) is 6.23. The molecule has 4 aromatic rings. The molecule has 4 rings (SSSR count). The summed E-state index contributed by atoms with van der Waals surface area (Å²) >= 11 is 0. The van der Waals surface area contributed by atoms with Crippen molar-refractivity contribution in [3.8, 4) is 0 Å². The monoisotopic (exact) mass is 966 g/mol. The van der Waals surface area contributed by atoms with Gasteiger partial charge in [0.2, 0.25) is 34.6 Å². The van der Waals surface area contributed by atoms with Crippen molar-refractivity contribution < 1.29 is 131 Å². The Hall–Kier alpha value is -7.08. The second-order valence-electron chi connectivity index (χ2n) is 11.2. The first-order chi connectivity index (χ1) is 31.4. The van der Waals surface area contributed by atoms with Crippen molar-refractivity contribution in [1.82, 2.24) is 0 Å². The maximum Gasteiger partial charge on any atom is 0.374 e. The zero-order valence-corrected chi connectivity index (χ0v) is 36.5. The normalized spacial score (nSPS) is 9.46. The SMILES string of the molecule is COCCOC(=O)c1ccc(C(C)=O)o1.COCCOC(=O)c1ccc(C(C)=O)o1.O.O=C(O)c1ccc(C(=O)O)o1.O=C(OCCO)c1ccc(C(=O)OCCO)o1.OCCO.OCCO. The van der Waals surface area contributed by atoms with Gasteiger partial charge in [-0.1, -0.05) is 0 Å². The van der Waals surface area contributed by atoms with Gasteiger partial charge in [0.1, 0.15) is 26.4 Å². The van der Waals surface area contributed by atoms with Crippen LogP contribution in [-0.4, -0.2) is 187 Å². The molecule has 0 amide bonds. The molecule has 27 nitrogen and oxygen atoms in total. The highest BCUT2D eigenvalue weighted by Crippen LogP contribution is 2.12. The Bertz CT molecular complexity index is 1870. The van der Waals surface area contributed by atoms with Gasteiger partial charge >= 0.3 is 35.8 Å². The number of hydrogen-bond donors (Lipinski definition) is 8. The minimum atomic E-state index is -1.28. The van der Waals surface area contributed by atoms with Crippen LogP contribution in [0.5, 0.6) is 0 Å². The summed E-state index contributed by atoms with van der Waals surface area (Å²) in [6, 6.07) is 10.4. The summed E-state index contributed by atoms with van der Waals surface area (Å²) in [5, 5.41) is 64.0. The highest BCUT2D eigenvalue weighted by atomic mass is 16.6. The van der Waals surface area contributed by atoms with Crippen LogP contribution < -0.4 is 0 Å². The molecule has 0 aliphatic carbocycles. The van der Waals surface area contributed by atoms with Crippen LogP contribution in [0.4, 0.5) is 0 Å². The van der Waals surface area contributed by atoms with Crippen LogP contribution in [0.15, 0.2) is 66.2 Å². The minimum absolute atomic E-state index is 0. The Morgan fingerprint density at radius 1 is 0.373 bits per heavy atom. The Kier molecular flexibility index (Phi) is 37.7. The number of ketones is 2. The fraction of sp³-hybridized carbons (Fsp3) is 0.400. The number of aliphatic hydroxyl groups excluding tert-OH is 6. The predicted octanol–water partition coefficient (Wildman–Crippen LogP) is -0.0581. The molecule has 0 aliphatic heterocycles. The molecular formula is C40H54O27. The maximum atomic E-state index is 11.3. The molecule has 4 heterocycles. The van der Waals surface area contributed by atoms with Crippen LogP contribution >= 0.6 is 0 Å². The predicted molar refractivity (Wildman–Crippen MR) is 220 cm³/mol. The van der Waals surface area contributed by atoms with Crippen molar-refractivity contribution in [2.24, 2.45) is 0 Å². The third-order valence-electron chi connectivity index (χ3n) is 6.23. The van der Waals surface area contributed by atoms with Gasteiger partial charge in [0, 0.05) is 28.1 Å². The topological polar surface area (TPSA) is 438 Å². The zero-order chi connectivity index (χ0) is 50.5. The number of hydrogen-bond acceptors (Lipinski definition) is 24. The molecule has 0 unspecified atom stereocenters. The fourth-order valence-corrected chi connectivity index (χ4v) is 3.40. The van der Waals surface area contributed by atoms with Crippen molar-refractivity contribution in [3.63, 3.8) is 0 Å². The standard InChI is InChI=1S/C10H12O7.2C10H12O5.C6H4O5.2C2H6O2.H2O/c11-3-5-15-9(13)7-1-2-8(17-7)10(14)16-6-4-12;2*1-7(11)8-3-4-9(15-8)10(12)14-6-5-13-2;7-5(8)3-1-2-4(11-3)6(9)10;2*3-1-2-4;/h1-2,11-12H,3-6H2;2*3-4H,5-6H2,1-2H3;1-2H,(H,7,8)(H,9,10);2*3-4H,1-2H2;1H2. The second-order valence-corrected chi connectivity index (χ2v) is 11.2. The molecular weight excluding hydrogens is 912 g/mol. The molecule has 0 aromatic carbocycles. The number of carboxylic acid groups (broad SMARTS) is 2. The smallest absolute Gasteiger partial charge is 0.374 e. The lowest BCUT2D eigenvalue weighted by molar-refractivity contribution is 0.0346. The number of carbonyl (C=O) groups excluding carboxylic acids is 6. The minimum Gasteiger partial charge on any atom is -0.475 e. The summed E-state index contributed by atoms with van der Waals surface area (Å²) in [5.41, 5.74) is 0. The van der Waals surface area contributed by atoms with Gasteiger partial charge in [-0.05, 0) is 48.5 Å². The molecule has 27 heteroatoms. The first kappa shape index (κ1) is 64.2. The fourth-order valence-electron chi connectivity index (χ4n) is 3.40. The van der Waals surface area contributed by atoms with Crippen molar-refractivity contribution in [2.75, 3.05) is 93.5 Å². The van der Waals surface area contributed by atoms with Gasteiger partial charge in [0.15, 0.2) is 23.1 Å². The zero-order valence-electron chi connectivity index (χ0n) is 36.5. The molecule has 10 N–H and O–H groups in total. The molecule has 67 heavy (non-hydrogen) atoms. The Balaban J connectivity index is -0.000000773. The highest BCUT2D eigenvalue weighted by molar-refractivity contribution is 5.94. The number of carboxylic acids is 2. The highest BCUT2D eigenvalue weighted by Gasteiger charge is 2.18. The molecule has 0 bridgehead atoms. The number of methoxy groups -OCH3 is 2. The van der Waals surface area contributed by atoms with Crippen molar-refractivity contribution in [1.29, 1.82) is 0 Å². The van der Waals surface area contributed by atoms with Gasteiger partial charge in [-0.3, -0.25) is 9.59 Å². The summed E-state index contributed by atoms with van der Waals surface area (Å²) < 4.78 is 47.4. The van der Waals surface area contributed by atoms with E-state index in [0.29, 0.717) is 13.2 Å². The number of aliphatic hydroxyl groups is 6. The quantitative estimate of drug-likeness (QED) is 0.0249. The van der Waals surface area contributed by atoms with Crippen molar-refractivity contribution in [2.45, 2.75) is 13.8 Å². The Morgan fingerprint density at radius 2 is 0.597 bits per heavy atom. The summed E-state index contributed by atoms with van der Waals surface area (Å²) in [4.78, 5) is 87.1.